The van der Waals surface area contributed by atoms with Crippen molar-refractivity contribution in [2.75, 3.05) is 27.2 Å². The number of nitrogens with zero attached hydrogens (tertiary/aromatic N) is 4. The second-order valence-electron chi connectivity index (χ2n) is 8.37. The van der Waals surface area contributed by atoms with E-state index in [9.17, 15) is 18.0 Å². The van der Waals surface area contributed by atoms with Gasteiger partial charge in [0.25, 0.3) is 5.91 Å². The second-order valence-corrected chi connectivity index (χ2v) is 8.37. The molecule has 1 aromatic carbocycles. The Morgan fingerprint density at radius 2 is 1.86 bits per heavy atom. The van der Waals surface area contributed by atoms with Crippen LogP contribution in [0.2, 0.25) is 0 Å². The average molecular weight is 492 g/mol. The standard InChI is InChI=1S/C22H26N4O2.C2HF3O2/c1-16-19(14-23-26(16)12-11-24(2)3)22(27)25-10-9-20-18(15-25)13-21(28-20)17-7-5-4-6-8-17;3-2(4,5)1(6)7/h4-8,13-14H,9-12,15H2,1-3H3;(H,6,7). The molecule has 4 rings (SSSR count). The lowest BCUT2D eigenvalue weighted by Crippen LogP contribution is -2.35. The Balaban J connectivity index is 0.000000429. The van der Waals surface area contributed by atoms with Crippen LogP contribution in [-0.4, -0.2) is 69.9 Å². The molecule has 8 nitrogen and oxygen atoms in total. The van der Waals surface area contributed by atoms with Gasteiger partial charge in [-0.25, -0.2) is 4.79 Å². The summed E-state index contributed by atoms with van der Waals surface area (Å²) in [4.78, 5) is 26.0. The molecular formula is C24H27F3N4O4. The van der Waals surface area contributed by atoms with E-state index in [0.29, 0.717) is 18.7 Å². The van der Waals surface area contributed by atoms with Crippen LogP contribution in [0, 0.1) is 6.92 Å². The first-order chi connectivity index (χ1) is 16.5. The van der Waals surface area contributed by atoms with Gasteiger partial charge in [-0.3, -0.25) is 9.48 Å². The molecule has 0 atom stereocenters. The van der Waals surface area contributed by atoms with Gasteiger partial charge < -0.3 is 19.3 Å². The van der Waals surface area contributed by atoms with Crippen molar-refractivity contribution in [1.82, 2.24) is 19.6 Å². The lowest BCUT2D eigenvalue weighted by atomic mass is 10.1. The Kier molecular flexibility index (Phi) is 8.00. The third-order valence-corrected chi connectivity index (χ3v) is 5.55. The monoisotopic (exact) mass is 492 g/mol. The summed E-state index contributed by atoms with van der Waals surface area (Å²) >= 11 is 0. The van der Waals surface area contributed by atoms with E-state index in [1.807, 2.05) is 60.9 Å². The van der Waals surface area contributed by atoms with Gasteiger partial charge in [0, 0.05) is 42.9 Å². The number of hydrogen-bond donors (Lipinski definition) is 1. The predicted molar refractivity (Wildman–Crippen MR) is 122 cm³/mol. The van der Waals surface area contributed by atoms with Crippen LogP contribution in [0.5, 0.6) is 0 Å². The first-order valence-corrected chi connectivity index (χ1v) is 10.9. The van der Waals surface area contributed by atoms with Gasteiger partial charge in [-0.1, -0.05) is 30.3 Å². The zero-order chi connectivity index (χ0) is 25.8. The van der Waals surface area contributed by atoms with Crippen molar-refractivity contribution < 1.29 is 32.3 Å². The molecule has 0 spiro atoms. The van der Waals surface area contributed by atoms with Gasteiger partial charge in [0.05, 0.1) is 18.3 Å². The lowest BCUT2D eigenvalue weighted by Gasteiger charge is -2.26. The molecule has 1 amide bonds. The number of hydrogen-bond acceptors (Lipinski definition) is 5. The molecule has 0 saturated heterocycles. The van der Waals surface area contributed by atoms with Crippen LogP contribution >= 0.6 is 0 Å². The Hall–Kier alpha value is -3.60. The fourth-order valence-corrected chi connectivity index (χ4v) is 3.60. The molecule has 0 aliphatic carbocycles. The highest BCUT2D eigenvalue weighted by Crippen LogP contribution is 2.30. The van der Waals surface area contributed by atoms with E-state index in [2.05, 4.69) is 16.1 Å². The number of amides is 1. The van der Waals surface area contributed by atoms with Crippen molar-refractivity contribution in [2.24, 2.45) is 0 Å². The molecule has 0 radical (unpaired) electrons. The number of furan rings is 1. The molecule has 2 aromatic heterocycles. The highest BCUT2D eigenvalue weighted by atomic mass is 19.4. The third kappa shape index (κ3) is 6.50. The van der Waals surface area contributed by atoms with Gasteiger partial charge in [-0.15, -0.1) is 0 Å². The molecule has 1 N–H and O–H groups in total. The largest absolute Gasteiger partial charge is 0.490 e. The molecule has 188 valence electrons. The van der Waals surface area contributed by atoms with Crippen LogP contribution < -0.4 is 0 Å². The molecule has 0 unspecified atom stereocenters. The SMILES string of the molecule is Cc1c(C(=O)N2CCc3oc(-c4ccccc4)cc3C2)cnn1CCN(C)C.O=C(O)C(F)(F)F. The van der Waals surface area contributed by atoms with Crippen molar-refractivity contribution in [3.05, 3.63) is 65.2 Å². The van der Waals surface area contributed by atoms with Crippen molar-refractivity contribution >= 4 is 11.9 Å². The Bertz CT molecular complexity index is 1170. The minimum atomic E-state index is -5.08. The number of alkyl halides is 3. The molecule has 0 fully saturated rings. The third-order valence-electron chi connectivity index (χ3n) is 5.55. The molecule has 35 heavy (non-hydrogen) atoms. The molecular weight excluding hydrogens is 465 g/mol. The van der Waals surface area contributed by atoms with Crippen LogP contribution in [0.25, 0.3) is 11.3 Å². The fraction of sp³-hybridized carbons (Fsp3) is 0.375. The highest BCUT2D eigenvalue weighted by molar-refractivity contribution is 5.95. The number of aromatic nitrogens is 2. The summed E-state index contributed by atoms with van der Waals surface area (Å²) in [7, 11) is 4.07. The summed E-state index contributed by atoms with van der Waals surface area (Å²) in [5, 5.41) is 11.5. The summed E-state index contributed by atoms with van der Waals surface area (Å²) in [6, 6.07) is 12.1. The fourth-order valence-electron chi connectivity index (χ4n) is 3.60. The van der Waals surface area contributed by atoms with Gasteiger partial charge in [-0.05, 0) is 27.1 Å². The minimum Gasteiger partial charge on any atom is -0.475 e. The maximum Gasteiger partial charge on any atom is 0.490 e. The number of likely N-dealkylation sites (N-methyl/N-ethyl adjacent to an activating group) is 1. The normalized spacial score (nSPS) is 13.3. The smallest absolute Gasteiger partial charge is 0.475 e. The average Bonchev–Trinajstić information content (AvgIpc) is 3.40. The zero-order valence-electron chi connectivity index (χ0n) is 19.7. The Morgan fingerprint density at radius 1 is 1.20 bits per heavy atom. The van der Waals surface area contributed by atoms with Crippen LogP contribution in [0.1, 0.15) is 27.4 Å². The number of aliphatic carboxylic acids is 1. The van der Waals surface area contributed by atoms with Gasteiger partial charge in [0.2, 0.25) is 0 Å². The van der Waals surface area contributed by atoms with E-state index in [4.69, 9.17) is 14.3 Å². The number of rotatable bonds is 5. The summed E-state index contributed by atoms with van der Waals surface area (Å²) in [5.41, 5.74) is 3.77. The number of carbonyl (C=O) groups excluding carboxylic acids is 1. The van der Waals surface area contributed by atoms with E-state index < -0.39 is 12.1 Å². The first-order valence-electron chi connectivity index (χ1n) is 10.9. The highest BCUT2D eigenvalue weighted by Gasteiger charge is 2.38. The first kappa shape index (κ1) is 26.0. The molecule has 0 saturated carbocycles. The summed E-state index contributed by atoms with van der Waals surface area (Å²) < 4.78 is 39.7. The van der Waals surface area contributed by atoms with Crippen LogP contribution in [0.15, 0.2) is 47.0 Å². The lowest BCUT2D eigenvalue weighted by molar-refractivity contribution is -0.192. The Labute approximate surface area is 200 Å². The minimum absolute atomic E-state index is 0.0433. The molecule has 1 aliphatic heterocycles. The summed E-state index contributed by atoms with van der Waals surface area (Å²) in [6.45, 7) is 4.87. The number of carboxylic acid groups (broad SMARTS) is 1. The molecule has 3 aromatic rings. The summed E-state index contributed by atoms with van der Waals surface area (Å²) in [5.74, 6) is -0.858. The van der Waals surface area contributed by atoms with E-state index in [0.717, 1.165) is 47.9 Å². The number of carbonyl (C=O) groups is 2. The number of halogens is 3. The topological polar surface area (TPSA) is 91.8 Å². The van der Waals surface area contributed by atoms with E-state index in [-0.39, 0.29) is 5.91 Å². The molecule has 1 aliphatic rings. The van der Waals surface area contributed by atoms with Gasteiger partial charge in [-0.2, -0.15) is 18.3 Å². The summed E-state index contributed by atoms with van der Waals surface area (Å²) in [6.07, 6.45) is -2.64. The molecule has 0 bridgehead atoms. The maximum absolute atomic E-state index is 13.1. The predicted octanol–water partition coefficient (Wildman–Crippen LogP) is 3.84. The van der Waals surface area contributed by atoms with Crippen molar-refractivity contribution in [3.63, 3.8) is 0 Å². The Morgan fingerprint density at radius 3 is 2.46 bits per heavy atom. The van der Waals surface area contributed by atoms with E-state index >= 15 is 0 Å². The second kappa shape index (κ2) is 10.8. The maximum atomic E-state index is 13.1. The van der Waals surface area contributed by atoms with Crippen LogP contribution in [0.3, 0.4) is 0 Å². The zero-order valence-corrected chi connectivity index (χ0v) is 19.7. The molecule has 11 heteroatoms. The number of carboxylic acids is 1. The van der Waals surface area contributed by atoms with Crippen molar-refractivity contribution in [3.8, 4) is 11.3 Å². The number of benzene rings is 1. The van der Waals surface area contributed by atoms with Gasteiger partial charge >= 0.3 is 12.1 Å². The van der Waals surface area contributed by atoms with Gasteiger partial charge in [0.1, 0.15) is 11.5 Å². The van der Waals surface area contributed by atoms with Crippen LogP contribution in [0.4, 0.5) is 13.2 Å². The molecule has 3 heterocycles. The van der Waals surface area contributed by atoms with Gasteiger partial charge in [0.15, 0.2) is 0 Å². The quantitative estimate of drug-likeness (QED) is 0.582. The van der Waals surface area contributed by atoms with Crippen molar-refractivity contribution in [1.29, 1.82) is 0 Å². The van der Waals surface area contributed by atoms with Crippen molar-refractivity contribution in [2.45, 2.75) is 32.6 Å². The van der Waals surface area contributed by atoms with E-state index in [1.54, 1.807) is 6.20 Å². The van der Waals surface area contributed by atoms with E-state index in [1.165, 1.54) is 0 Å². The van der Waals surface area contributed by atoms with Crippen LogP contribution in [-0.2, 0) is 24.3 Å². The number of fused-ring (bicyclic) bond motifs is 1.